The number of hydrogen-bond donors (Lipinski definition) is 5. The Bertz CT molecular complexity index is 1480. The number of carboxylic acid groups (broad SMARTS) is 1. The van der Waals surface area contributed by atoms with Crippen molar-refractivity contribution in [1.82, 2.24) is 10.2 Å². The number of aliphatic hydroxyl groups excluding tert-OH is 1. The van der Waals surface area contributed by atoms with Crippen LogP contribution in [0.15, 0.2) is 66.7 Å². The molecule has 1 fully saturated rings. The first-order chi connectivity index (χ1) is 19.8. The molecular weight excluding hydrogens is 520 g/mol. The number of rotatable bonds is 9. The van der Waals surface area contributed by atoms with Gasteiger partial charge < -0.3 is 31.1 Å². The lowest BCUT2D eigenvalue weighted by atomic mass is 9.96. The van der Waals surface area contributed by atoms with E-state index in [9.17, 15) is 19.5 Å². The Hall–Kier alpha value is -4.47. The molecule has 0 atom stereocenters. The molecule has 5 rings (SSSR count). The SMILES string of the molecule is Cc1cc2c(cc1C(=O)O)NC(=O)/C2=C(\Nc1ccc(C(=O)NCC2CCN(CCO)CC2)cc1)c1ccccc1. The minimum atomic E-state index is -1.05. The highest BCUT2D eigenvalue weighted by atomic mass is 16.4. The standard InChI is InChI=1S/C32H34N4O5/c1-20-17-26-27(18-25(20)32(40)41)35-31(39)28(26)29(22-5-3-2-4-6-22)34-24-9-7-23(8-10-24)30(38)33-19-21-11-13-36(14-12-21)15-16-37/h2-10,17-18,21,34,37H,11-16,19H2,1H3,(H,33,38)(H,35,39)(H,40,41)/b29-28-. The number of hydrogen-bond acceptors (Lipinski definition) is 6. The number of fused-ring (bicyclic) bond motifs is 1. The first kappa shape index (κ1) is 28.1. The summed E-state index contributed by atoms with van der Waals surface area (Å²) in [6.07, 6.45) is 1.99. The number of piperidine rings is 1. The van der Waals surface area contributed by atoms with Crippen molar-refractivity contribution in [2.75, 3.05) is 43.4 Å². The van der Waals surface area contributed by atoms with Gasteiger partial charge in [-0.1, -0.05) is 30.3 Å². The highest BCUT2D eigenvalue weighted by Crippen LogP contribution is 2.39. The molecule has 2 aliphatic heterocycles. The molecule has 0 bridgehead atoms. The van der Waals surface area contributed by atoms with Crippen LogP contribution in [0.25, 0.3) is 11.3 Å². The number of aryl methyl sites for hydroxylation is 1. The van der Waals surface area contributed by atoms with Crippen molar-refractivity contribution in [2.24, 2.45) is 5.92 Å². The van der Waals surface area contributed by atoms with Gasteiger partial charge in [-0.25, -0.2) is 4.79 Å². The number of carbonyl (C=O) groups excluding carboxylic acids is 2. The summed E-state index contributed by atoms with van der Waals surface area (Å²) in [6.45, 7) is 5.07. The smallest absolute Gasteiger partial charge is 0.336 e. The molecule has 0 aromatic heterocycles. The van der Waals surface area contributed by atoms with Crippen LogP contribution >= 0.6 is 0 Å². The molecule has 0 spiro atoms. The fourth-order valence-corrected chi connectivity index (χ4v) is 5.43. The van der Waals surface area contributed by atoms with Gasteiger partial charge in [-0.05, 0) is 86.3 Å². The van der Waals surface area contributed by atoms with Gasteiger partial charge in [-0.3, -0.25) is 9.59 Å². The van der Waals surface area contributed by atoms with Crippen molar-refractivity contribution in [2.45, 2.75) is 19.8 Å². The molecular formula is C32H34N4O5. The molecule has 3 aromatic carbocycles. The number of nitrogens with one attached hydrogen (secondary N) is 3. The fraction of sp³-hybridized carbons (Fsp3) is 0.281. The lowest BCUT2D eigenvalue weighted by molar-refractivity contribution is -0.110. The number of carboxylic acids is 1. The van der Waals surface area contributed by atoms with E-state index < -0.39 is 5.97 Å². The van der Waals surface area contributed by atoms with Crippen LogP contribution in [0.4, 0.5) is 11.4 Å². The van der Waals surface area contributed by atoms with Gasteiger partial charge in [0.1, 0.15) is 0 Å². The molecule has 212 valence electrons. The zero-order valence-electron chi connectivity index (χ0n) is 22.9. The van der Waals surface area contributed by atoms with Crippen molar-refractivity contribution in [3.05, 3.63) is 94.5 Å². The van der Waals surface area contributed by atoms with Gasteiger partial charge in [0.15, 0.2) is 0 Å². The Labute approximate surface area is 238 Å². The van der Waals surface area contributed by atoms with Crippen LogP contribution in [0.5, 0.6) is 0 Å². The highest BCUT2D eigenvalue weighted by Gasteiger charge is 2.30. The number of amides is 2. The third kappa shape index (κ3) is 6.32. The Morgan fingerprint density at radius 2 is 1.71 bits per heavy atom. The van der Waals surface area contributed by atoms with E-state index >= 15 is 0 Å². The summed E-state index contributed by atoms with van der Waals surface area (Å²) in [6, 6.07) is 19.8. The van der Waals surface area contributed by atoms with Crippen LogP contribution in [0, 0.1) is 12.8 Å². The summed E-state index contributed by atoms with van der Waals surface area (Å²) < 4.78 is 0. The first-order valence-electron chi connectivity index (χ1n) is 13.8. The molecule has 0 radical (unpaired) electrons. The molecule has 2 heterocycles. The number of carbonyl (C=O) groups is 3. The summed E-state index contributed by atoms with van der Waals surface area (Å²) >= 11 is 0. The van der Waals surface area contributed by atoms with E-state index in [1.165, 1.54) is 6.07 Å². The van der Waals surface area contributed by atoms with Gasteiger partial charge in [0.25, 0.3) is 11.8 Å². The summed E-state index contributed by atoms with van der Waals surface area (Å²) in [5.41, 5.74) is 4.80. The van der Waals surface area contributed by atoms with Gasteiger partial charge in [-0.2, -0.15) is 0 Å². The average molecular weight is 555 g/mol. The molecule has 2 amide bonds. The van der Waals surface area contributed by atoms with E-state index in [2.05, 4.69) is 20.9 Å². The Morgan fingerprint density at radius 1 is 1.00 bits per heavy atom. The van der Waals surface area contributed by atoms with Crippen molar-refractivity contribution in [1.29, 1.82) is 0 Å². The van der Waals surface area contributed by atoms with Crippen molar-refractivity contribution in [3.63, 3.8) is 0 Å². The number of likely N-dealkylation sites (tertiary alicyclic amines) is 1. The van der Waals surface area contributed by atoms with Crippen LogP contribution in [-0.4, -0.2) is 65.7 Å². The van der Waals surface area contributed by atoms with E-state index in [-0.39, 0.29) is 24.0 Å². The van der Waals surface area contributed by atoms with Gasteiger partial charge in [0, 0.05) is 29.9 Å². The second-order valence-electron chi connectivity index (χ2n) is 10.5. The number of aliphatic hydroxyl groups is 1. The number of anilines is 2. The Morgan fingerprint density at radius 3 is 2.37 bits per heavy atom. The summed E-state index contributed by atoms with van der Waals surface area (Å²) in [5.74, 6) is -1.09. The number of β-amino-alcohol motifs (C(OH)–C–C–N with tert-alkyl or cyclic N) is 1. The summed E-state index contributed by atoms with van der Waals surface area (Å²) in [7, 11) is 0. The first-order valence-corrected chi connectivity index (χ1v) is 13.8. The molecule has 9 heteroatoms. The monoisotopic (exact) mass is 554 g/mol. The summed E-state index contributed by atoms with van der Waals surface area (Å²) in [4.78, 5) is 39.9. The van der Waals surface area contributed by atoms with Crippen molar-refractivity contribution in [3.8, 4) is 0 Å². The molecule has 2 aliphatic rings. The van der Waals surface area contributed by atoms with Crippen molar-refractivity contribution < 1.29 is 24.6 Å². The summed E-state index contributed by atoms with van der Waals surface area (Å²) in [5, 5.41) is 27.9. The fourth-order valence-electron chi connectivity index (χ4n) is 5.43. The third-order valence-corrected chi connectivity index (χ3v) is 7.74. The van der Waals surface area contributed by atoms with Crippen LogP contribution in [0.3, 0.4) is 0 Å². The lowest BCUT2D eigenvalue weighted by Crippen LogP contribution is -2.39. The zero-order chi connectivity index (χ0) is 28.9. The van der Waals surface area contributed by atoms with Crippen LogP contribution in [-0.2, 0) is 4.79 Å². The van der Waals surface area contributed by atoms with E-state index in [4.69, 9.17) is 5.11 Å². The van der Waals surface area contributed by atoms with Gasteiger partial charge in [0.2, 0.25) is 0 Å². The normalized spacial score (nSPS) is 16.6. The van der Waals surface area contributed by atoms with Crippen molar-refractivity contribution >= 4 is 40.4 Å². The third-order valence-electron chi connectivity index (χ3n) is 7.74. The lowest BCUT2D eigenvalue weighted by Gasteiger charge is -2.31. The largest absolute Gasteiger partial charge is 0.478 e. The van der Waals surface area contributed by atoms with Crippen LogP contribution in [0.2, 0.25) is 0 Å². The average Bonchev–Trinajstić information content (AvgIpc) is 3.30. The minimum Gasteiger partial charge on any atom is -0.478 e. The predicted molar refractivity (Wildman–Crippen MR) is 159 cm³/mol. The molecule has 5 N–H and O–H groups in total. The van der Waals surface area contributed by atoms with Gasteiger partial charge in [0.05, 0.1) is 29.1 Å². The number of aromatic carboxylic acids is 1. The molecule has 0 unspecified atom stereocenters. The molecule has 41 heavy (non-hydrogen) atoms. The predicted octanol–water partition coefficient (Wildman–Crippen LogP) is 4.06. The molecule has 0 saturated carbocycles. The minimum absolute atomic E-state index is 0.134. The highest BCUT2D eigenvalue weighted by molar-refractivity contribution is 6.37. The van der Waals surface area contributed by atoms with Gasteiger partial charge in [-0.15, -0.1) is 0 Å². The Kier molecular flexibility index (Phi) is 8.47. The van der Waals surface area contributed by atoms with E-state index in [0.29, 0.717) is 58.3 Å². The van der Waals surface area contributed by atoms with Gasteiger partial charge >= 0.3 is 5.97 Å². The second kappa shape index (κ2) is 12.4. The molecule has 0 aliphatic carbocycles. The molecule has 3 aromatic rings. The maximum absolute atomic E-state index is 13.2. The molecule has 1 saturated heterocycles. The Balaban J connectivity index is 1.35. The van der Waals surface area contributed by atoms with E-state index in [0.717, 1.165) is 31.5 Å². The van der Waals surface area contributed by atoms with E-state index in [1.807, 2.05) is 30.3 Å². The van der Waals surface area contributed by atoms with Crippen LogP contribution < -0.4 is 16.0 Å². The maximum atomic E-state index is 13.2. The second-order valence-corrected chi connectivity index (χ2v) is 10.5. The maximum Gasteiger partial charge on any atom is 0.336 e. The number of nitrogens with zero attached hydrogens (tertiary/aromatic N) is 1. The van der Waals surface area contributed by atoms with E-state index in [1.54, 1.807) is 37.3 Å². The topological polar surface area (TPSA) is 131 Å². The quantitative estimate of drug-likeness (QED) is 0.252. The van der Waals surface area contributed by atoms with Crippen LogP contribution in [0.1, 0.15) is 50.2 Å². The number of benzene rings is 3. The molecule has 9 nitrogen and oxygen atoms in total. The zero-order valence-corrected chi connectivity index (χ0v) is 22.9.